The molecule has 0 fully saturated rings. The molecule has 0 spiro atoms. The van der Waals surface area contributed by atoms with Gasteiger partial charge in [-0.1, -0.05) is 18.5 Å². The van der Waals surface area contributed by atoms with Gasteiger partial charge in [-0.3, -0.25) is 9.36 Å². The van der Waals surface area contributed by atoms with Crippen molar-refractivity contribution in [1.29, 1.82) is 0 Å². The highest BCUT2D eigenvalue weighted by molar-refractivity contribution is 6.31. The number of hydrogen-bond donors (Lipinski definition) is 1. The van der Waals surface area contributed by atoms with Gasteiger partial charge in [0.05, 0.1) is 17.4 Å². The van der Waals surface area contributed by atoms with E-state index in [0.29, 0.717) is 28.3 Å². The molecular formula is C12H14ClN3O. The van der Waals surface area contributed by atoms with E-state index in [4.69, 9.17) is 17.3 Å². The Balaban J connectivity index is 2.79. The lowest BCUT2D eigenvalue weighted by molar-refractivity contribution is 0.606. The molecule has 0 aliphatic rings. The zero-order chi connectivity index (χ0) is 12.4. The average Bonchev–Trinajstić information content (AvgIpc) is 2.33. The molecule has 4 nitrogen and oxygen atoms in total. The van der Waals surface area contributed by atoms with Gasteiger partial charge in [-0.25, -0.2) is 4.98 Å². The minimum absolute atomic E-state index is 0.0696. The zero-order valence-electron chi connectivity index (χ0n) is 9.61. The van der Waals surface area contributed by atoms with Crippen molar-refractivity contribution in [3.05, 3.63) is 39.4 Å². The Morgan fingerprint density at radius 1 is 1.47 bits per heavy atom. The summed E-state index contributed by atoms with van der Waals surface area (Å²) in [5, 5.41) is 1.09. The first-order valence-electron chi connectivity index (χ1n) is 5.56. The first-order chi connectivity index (χ1) is 8.17. The second-order valence-electron chi connectivity index (χ2n) is 3.85. The minimum atomic E-state index is -0.0696. The molecule has 0 bridgehead atoms. The predicted octanol–water partition coefficient (Wildman–Crippen LogP) is 1.92. The first kappa shape index (κ1) is 12.1. The predicted molar refractivity (Wildman–Crippen MR) is 69.2 cm³/mol. The lowest BCUT2D eigenvalue weighted by atomic mass is 10.2. The Labute approximate surface area is 104 Å². The lowest BCUT2D eigenvalue weighted by Gasteiger charge is -2.11. The number of halogens is 1. The van der Waals surface area contributed by atoms with Crippen LogP contribution in [-0.2, 0) is 13.1 Å². The van der Waals surface area contributed by atoms with Crippen LogP contribution in [0.1, 0.15) is 19.2 Å². The topological polar surface area (TPSA) is 60.9 Å². The number of fused-ring (bicyclic) bond motifs is 1. The highest BCUT2D eigenvalue weighted by Gasteiger charge is 2.09. The number of aromatic nitrogens is 2. The van der Waals surface area contributed by atoms with Gasteiger partial charge in [-0.05, 0) is 24.6 Å². The Hall–Kier alpha value is -1.39. The Bertz CT molecular complexity index is 606. The normalized spacial score (nSPS) is 11.0. The molecule has 2 rings (SSSR count). The number of rotatable bonds is 3. The summed E-state index contributed by atoms with van der Waals surface area (Å²) in [6.07, 6.45) is 0.862. The highest BCUT2D eigenvalue weighted by Crippen LogP contribution is 2.15. The van der Waals surface area contributed by atoms with Gasteiger partial charge in [-0.2, -0.15) is 0 Å². The number of hydrogen-bond acceptors (Lipinski definition) is 3. The third-order valence-electron chi connectivity index (χ3n) is 2.63. The molecule has 1 heterocycles. The van der Waals surface area contributed by atoms with E-state index >= 15 is 0 Å². The fraction of sp³-hybridized carbons (Fsp3) is 0.333. The average molecular weight is 252 g/mol. The Morgan fingerprint density at radius 3 is 2.88 bits per heavy atom. The number of nitrogens with zero attached hydrogens (tertiary/aromatic N) is 2. The Kier molecular flexibility index (Phi) is 3.45. The largest absolute Gasteiger partial charge is 0.324 e. The second kappa shape index (κ2) is 4.85. The van der Waals surface area contributed by atoms with E-state index < -0.39 is 0 Å². The Morgan fingerprint density at radius 2 is 2.24 bits per heavy atom. The van der Waals surface area contributed by atoms with E-state index in [1.54, 1.807) is 22.8 Å². The van der Waals surface area contributed by atoms with Crippen molar-refractivity contribution in [2.75, 3.05) is 0 Å². The molecule has 0 saturated heterocycles. The lowest BCUT2D eigenvalue weighted by Crippen LogP contribution is -2.26. The van der Waals surface area contributed by atoms with Gasteiger partial charge in [0, 0.05) is 11.6 Å². The quantitative estimate of drug-likeness (QED) is 0.907. The maximum absolute atomic E-state index is 12.3. The van der Waals surface area contributed by atoms with E-state index in [9.17, 15) is 4.79 Å². The maximum atomic E-state index is 12.3. The summed E-state index contributed by atoms with van der Waals surface area (Å²) in [7, 11) is 0. The van der Waals surface area contributed by atoms with E-state index in [0.717, 1.165) is 6.42 Å². The molecule has 0 saturated carbocycles. The maximum Gasteiger partial charge on any atom is 0.261 e. The molecule has 0 aliphatic carbocycles. The van der Waals surface area contributed by atoms with Gasteiger partial charge in [0.2, 0.25) is 0 Å². The van der Waals surface area contributed by atoms with E-state index in [1.807, 2.05) is 6.92 Å². The molecule has 0 unspecified atom stereocenters. The SMILES string of the molecule is CCCn1c(CN)nc2ccc(Cl)cc2c1=O. The molecule has 2 aromatic rings. The van der Waals surface area contributed by atoms with E-state index in [1.165, 1.54) is 0 Å². The fourth-order valence-corrected chi connectivity index (χ4v) is 2.02. The van der Waals surface area contributed by atoms with Crippen molar-refractivity contribution < 1.29 is 0 Å². The van der Waals surface area contributed by atoms with Gasteiger partial charge in [-0.15, -0.1) is 0 Å². The van der Waals surface area contributed by atoms with Crippen LogP contribution in [0.25, 0.3) is 10.9 Å². The third-order valence-corrected chi connectivity index (χ3v) is 2.86. The molecule has 2 N–H and O–H groups in total. The van der Waals surface area contributed by atoms with Crippen molar-refractivity contribution in [1.82, 2.24) is 9.55 Å². The van der Waals surface area contributed by atoms with Crippen molar-refractivity contribution in [3.63, 3.8) is 0 Å². The van der Waals surface area contributed by atoms with Crippen LogP contribution in [0.4, 0.5) is 0 Å². The van der Waals surface area contributed by atoms with Crippen LogP contribution in [0.2, 0.25) is 5.02 Å². The number of nitrogens with two attached hydrogens (primary N) is 1. The van der Waals surface area contributed by atoms with Crippen LogP contribution >= 0.6 is 11.6 Å². The first-order valence-corrected chi connectivity index (χ1v) is 5.94. The number of benzene rings is 1. The van der Waals surface area contributed by atoms with E-state index in [-0.39, 0.29) is 12.1 Å². The van der Waals surface area contributed by atoms with Crippen LogP contribution in [-0.4, -0.2) is 9.55 Å². The molecule has 90 valence electrons. The second-order valence-corrected chi connectivity index (χ2v) is 4.29. The van der Waals surface area contributed by atoms with Crippen molar-refractivity contribution in [2.45, 2.75) is 26.4 Å². The summed E-state index contributed by atoms with van der Waals surface area (Å²) in [6, 6.07) is 5.12. The summed E-state index contributed by atoms with van der Waals surface area (Å²) >= 11 is 5.89. The molecule has 0 radical (unpaired) electrons. The van der Waals surface area contributed by atoms with Gasteiger partial charge < -0.3 is 5.73 Å². The smallest absolute Gasteiger partial charge is 0.261 e. The summed E-state index contributed by atoms with van der Waals surface area (Å²) in [4.78, 5) is 16.7. The molecule has 0 aliphatic heterocycles. The van der Waals surface area contributed by atoms with Crippen LogP contribution in [0.15, 0.2) is 23.0 Å². The summed E-state index contributed by atoms with van der Waals surface area (Å²) in [5.41, 5.74) is 6.20. The van der Waals surface area contributed by atoms with Crippen LogP contribution in [0, 0.1) is 0 Å². The van der Waals surface area contributed by atoms with Crippen LogP contribution in [0.5, 0.6) is 0 Å². The van der Waals surface area contributed by atoms with Crippen molar-refractivity contribution in [3.8, 4) is 0 Å². The monoisotopic (exact) mass is 251 g/mol. The third kappa shape index (κ3) is 2.18. The summed E-state index contributed by atoms with van der Waals surface area (Å²) < 4.78 is 1.62. The van der Waals surface area contributed by atoms with Crippen LogP contribution < -0.4 is 11.3 Å². The molecular weight excluding hydrogens is 238 g/mol. The van der Waals surface area contributed by atoms with Gasteiger partial charge in [0.15, 0.2) is 0 Å². The summed E-state index contributed by atoms with van der Waals surface area (Å²) in [6.45, 7) is 2.89. The summed E-state index contributed by atoms with van der Waals surface area (Å²) in [5.74, 6) is 0.617. The molecule has 5 heteroatoms. The standard InChI is InChI=1S/C12H14ClN3O/c1-2-5-16-11(7-14)15-10-4-3-8(13)6-9(10)12(16)17/h3-4,6H,2,5,7,14H2,1H3. The van der Waals surface area contributed by atoms with Gasteiger partial charge in [0.25, 0.3) is 5.56 Å². The van der Waals surface area contributed by atoms with Gasteiger partial charge in [0.1, 0.15) is 5.82 Å². The molecule has 0 amide bonds. The van der Waals surface area contributed by atoms with Crippen molar-refractivity contribution in [2.24, 2.45) is 5.73 Å². The van der Waals surface area contributed by atoms with E-state index in [2.05, 4.69) is 4.98 Å². The van der Waals surface area contributed by atoms with Crippen molar-refractivity contribution >= 4 is 22.5 Å². The molecule has 1 aromatic heterocycles. The molecule has 1 aromatic carbocycles. The minimum Gasteiger partial charge on any atom is -0.324 e. The van der Waals surface area contributed by atoms with Crippen LogP contribution in [0.3, 0.4) is 0 Å². The molecule has 0 atom stereocenters. The highest BCUT2D eigenvalue weighted by atomic mass is 35.5. The fourth-order valence-electron chi connectivity index (χ4n) is 1.85. The van der Waals surface area contributed by atoms with Gasteiger partial charge >= 0.3 is 0 Å². The molecule has 17 heavy (non-hydrogen) atoms. The zero-order valence-corrected chi connectivity index (χ0v) is 10.4.